The predicted octanol–water partition coefficient (Wildman–Crippen LogP) is 2.62. The Hall–Kier alpha value is -0.580. The van der Waals surface area contributed by atoms with Crippen molar-refractivity contribution in [3.8, 4) is 0 Å². The summed E-state index contributed by atoms with van der Waals surface area (Å²) in [5.41, 5.74) is 2.06. The number of hydrogen-bond acceptors (Lipinski definition) is 3. The first-order valence-electron chi connectivity index (χ1n) is 7.19. The van der Waals surface area contributed by atoms with Crippen molar-refractivity contribution in [3.63, 3.8) is 0 Å². The summed E-state index contributed by atoms with van der Waals surface area (Å²) in [5, 5.41) is 17.7. The highest BCUT2D eigenvalue weighted by molar-refractivity contribution is 6.31. The van der Waals surface area contributed by atoms with Crippen LogP contribution in [0.1, 0.15) is 45.0 Å². The fourth-order valence-electron chi connectivity index (χ4n) is 2.06. The van der Waals surface area contributed by atoms with Crippen LogP contribution in [0.4, 0.5) is 0 Å². The van der Waals surface area contributed by atoms with Crippen LogP contribution in [-0.4, -0.2) is 28.0 Å². The van der Waals surface area contributed by atoms with Crippen LogP contribution in [0.2, 0.25) is 5.02 Å². The summed E-state index contributed by atoms with van der Waals surface area (Å²) in [6, 6.07) is 0. The van der Waals surface area contributed by atoms with E-state index in [1.807, 2.05) is 4.68 Å². The number of aliphatic hydroxyl groups excluding tert-OH is 1. The number of aliphatic hydroxyl groups is 1. The molecule has 0 aliphatic heterocycles. The summed E-state index contributed by atoms with van der Waals surface area (Å²) < 4.78 is 1.98. The van der Waals surface area contributed by atoms with Crippen molar-refractivity contribution in [1.82, 2.24) is 15.1 Å². The van der Waals surface area contributed by atoms with E-state index in [2.05, 4.69) is 31.2 Å². The van der Waals surface area contributed by atoms with Crippen molar-refractivity contribution in [2.75, 3.05) is 13.2 Å². The summed E-state index contributed by atoms with van der Waals surface area (Å²) in [7, 11) is 0. The molecule has 0 radical (unpaired) electrons. The van der Waals surface area contributed by atoms with Gasteiger partial charge >= 0.3 is 0 Å². The van der Waals surface area contributed by atoms with Crippen molar-refractivity contribution in [2.45, 2.75) is 53.1 Å². The summed E-state index contributed by atoms with van der Waals surface area (Å²) in [5.74, 6) is 0.387. The van der Waals surface area contributed by atoms with Gasteiger partial charge in [-0.05, 0) is 38.6 Å². The lowest BCUT2D eigenvalue weighted by atomic mass is 10.1. The molecule has 0 amide bonds. The highest BCUT2D eigenvalue weighted by atomic mass is 35.5. The standard InChI is InChI=1S/C14H26ClN3O/c1-4-12-14(15)13(18(5-2)17-12)9-16-8-6-7-11(3)10-19/h11,16,19H,4-10H2,1-3H3. The normalized spacial score (nSPS) is 12.9. The minimum atomic E-state index is 0.272. The third kappa shape index (κ3) is 4.79. The van der Waals surface area contributed by atoms with Gasteiger partial charge in [0.25, 0.3) is 0 Å². The molecule has 0 aliphatic carbocycles. The average molecular weight is 288 g/mol. The number of rotatable bonds is 9. The molecule has 1 rings (SSSR count). The summed E-state index contributed by atoms with van der Waals surface area (Å²) in [6.45, 7) is 9.03. The molecule has 0 aliphatic rings. The van der Waals surface area contributed by atoms with Crippen molar-refractivity contribution in [1.29, 1.82) is 0 Å². The molecular weight excluding hydrogens is 262 g/mol. The maximum atomic E-state index is 8.95. The molecule has 1 heterocycles. The van der Waals surface area contributed by atoms with E-state index in [0.717, 1.165) is 55.3 Å². The topological polar surface area (TPSA) is 50.1 Å². The molecule has 1 unspecified atom stereocenters. The van der Waals surface area contributed by atoms with Gasteiger partial charge in [-0.1, -0.05) is 25.4 Å². The van der Waals surface area contributed by atoms with Crippen LogP contribution in [0.3, 0.4) is 0 Å². The molecule has 4 nitrogen and oxygen atoms in total. The number of aromatic nitrogens is 2. The SMILES string of the molecule is CCc1nn(CC)c(CNCCCC(C)CO)c1Cl. The Morgan fingerprint density at radius 2 is 2.16 bits per heavy atom. The second-order valence-electron chi connectivity index (χ2n) is 4.98. The predicted molar refractivity (Wildman–Crippen MR) is 79.5 cm³/mol. The Labute approximate surface area is 121 Å². The molecular formula is C14H26ClN3O. The van der Waals surface area contributed by atoms with Crippen molar-refractivity contribution >= 4 is 11.6 Å². The van der Waals surface area contributed by atoms with E-state index in [0.29, 0.717) is 5.92 Å². The van der Waals surface area contributed by atoms with Crippen LogP contribution < -0.4 is 5.32 Å². The quantitative estimate of drug-likeness (QED) is 0.687. The Morgan fingerprint density at radius 3 is 2.74 bits per heavy atom. The van der Waals surface area contributed by atoms with Crippen LogP contribution in [-0.2, 0) is 19.5 Å². The number of aryl methyl sites for hydroxylation is 2. The summed E-state index contributed by atoms with van der Waals surface area (Å²) in [4.78, 5) is 0. The van der Waals surface area contributed by atoms with Gasteiger partial charge in [-0.15, -0.1) is 0 Å². The molecule has 1 aromatic heterocycles. The first-order chi connectivity index (χ1) is 9.13. The van der Waals surface area contributed by atoms with E-state index in [4.69, 9.17) is 16.7 Å². The zero-order valence-corrected chi connectivity index (χ0v) is 13.0. The molecule has 0 saturated heterocycles. The smallest absolute Gasteiger partial charge is 0.0863 e. The molecule has 19 heavy (non-hydrogen) atoms. The molecule has 0 fully saturated rings. The zero-order valence-electron chi connectivity index (χ0n) is 12.2. The molecule has 2 N–H and O–H groups in total. The number of nitrogens with zero attached hydrogens (tertiary/aromatic N) is 2. The molecule has 1 aromatic rings. The fraction of sp³-hybridized carbons (Fsp3) is 0.786. The minimum absolute atomic E-state index is 0.272. The van der Waals surface area contributed by atoms with Gasteiger partial charge in [-0.25, -0.2) is 0 Å². The molecule has 0 bridgehead atoms. The van der Waals surface area contributed by atoms with E-state index in [9.17, 15) is 0 Å². The highest BCUT2D eigenvalue weighted by Gasteiger charge is 2.13. The van der Waals surface area contributed by atoms with Gasteiger partial charge in [0.1, 0.15) is 0 Å². The Bertz CT molecular complexity index is 379. The first-order valence-corrected chi connectivity index (χ1v) is 7.57. The molecule has 0 saturated carbocycles. The Kier molecular flexibility index (Phi) is 7.42. The molecule has 0 spiro atoms. The lowest BCUT2D eigenvalue weighted by Gasteiger charge is -2.09. The lowest BCUT2D eigenvalue weighted by Crippen LogP contribution is -2.18. The van der Waals surface area contributed by atoms with Gasteiger partial charge in [0.2, 0.25) is 0 Å². The van der Waals surface area contributed by atoms with E-state index < -0.39 is 0 Å². The van der Waals surface area contributed by atoms with E-state index in [-0.39, 0.29) is 6.61 Å². The zero-order chi connectivity index (χ0) is 14.3. The van der Waals surface area contributed by atoms with Crippen LogP contribution in [0.25, 0.3) is 0 Å². The average Bonchev–Trinajstić information content (AvgIpc) is 2.74. The second kappa shape index (κ2) is 8.56. The second-order valence-corrected chi connectivity index (χ2v) is 5.36. The maximum Gasteiger partial charge on any atom is 0.0863 e. The number of nitrogens with one attached hydrogen (secondary N) is 1. The van der Waals surface area contributed by atoms with Crippen LogP contribution in [0, 0.1) is 5.92 Å². The molecule has 1 atom stereocenters. The third-order valence-corrected chi connectivity index (χ3v) is 3.79. The first kappa shape index (κ1) is 16.5. The summed E-state index contributed by atoms with van der Waals surface area (Å²) in [6.07, 6.45) is 2.98. The van der Waals surface area contributed by atoms with E-state index in [1.54, 1.807) is 0 Å². The van der Waals surface area contributed by atoms with Crippen molar-refractivity contribution in [3.05, 3.63) is 16.4 Å². The van der Waals surface area contributed by atoms with Gasteiger partial charge in [0.05, 0.1) is 16.4 Å². The Morgan fingerprint density at radius 1 is 1.42 bits per heavy atom. The van der Waals surface area contributed by atoms with Crippen molar-refractivity contribution in [2.24, 2.45) is 5.92 Å². The molecule has 0 aromatic carbocycles. The van der Waals surface area contributed by atoms with Gasteiger partial charge in [-0.3, -0.25) is 4.68 Å². The van der Waals surface area contributed by atoms with Crippen LogP contribution in [0.5, 0.6) is 0 Å². The maximum absolute atomic E-state index is 8.95. The van der Waals surface area contributed by atoms with Crippen molar-refractivity contribution < 1.29 is 5.11 Å². The number of halogens is 1. The van der Waals surface area contributed by atoms with E-state index in [1.165, 1.54) is 0 Å². The minimum Gasteiger partial charge on any atom is -0.396 e. The number of hydrogen-bond donors (Lipinski definition) is 2. The van der Waals surface area contributed by atoms with E-state index >= 15 is 0 Å². The lowest BCUT2D eigenvalue weighted by molar-refractivity contribution is 0.228. The monoisotopic (exact) mass is 287 g/mol. The summed E-state index contributed by atoms with van der Waals surface area (Å²) >= 11 is 6.34. The van der Waals surface area contributed by atoms with Crippen LogP contribution >= 0.6 is 11.6 Å². The third-order valence-electron chi connectivity index (χ3n) is 3.35. The highest BCUT2D eigenvalue weighted by Crippen LogP contribution is 2.21. The largest absolute Gasteiger partial charge is 0.396 e. The Balaban J connectivity index is 2.42. The fourth-order valence-corrected chi connectivity index (χ4v) is 2.40. The van der Waals surface area contributed by atoms with Gasteiger partial charge < -0.3 is 10.4 Å². The van der Waals surface area contributed by atoms with Gasteiger partial charge in [0.15, 0.2) is 0 Å². The van der Waals surface area contributed by atoms with Gasteiger partial charge in [0, 0.05) is 19.7 Å². The van der Waals surface area contributed by atoms with Gasteiger partial charge in [-0.2, -0.15) is 5.10 Å². The molecule has 110 valence electrons. The van der Waals surface area contributed by atoms with Crippen LogP contribution in [0.15, 0.2) is 0 Å². The molecule has 5 heteroatoms.